The Morgan fingerprint density at radius 3 is 2.38 bits per heavy atom. The smallest absolute Gasteiger partial charge is 0.330 e. The number of aryl methyl sites for hydroxylation is 1. The minimum absolute atomic E-state index is 0.0232. The average Bonchev–Trinajstić information content (AvgIpc) is 2.95. The molecule has 0 atom stereocenters. The number of nitrogens with one attached hydrogen (secondary N) is 2. The quantitative estimate of drug-likeness (QED) is 0.257. The highest BCUT2D eigenvalue weighted by Gasteiger charge is 2.19. The minimum Gasteiger partial charge on any atom is -0.481 e. The van der Waals surface area contributed by atoms with E-state index in [2.05, 4.69) is 15.6 Å². The van der Waals surface area contributed by atoms with Gasteiger partial charge in [-0.25, -0.2) is 9.78 Å². The molecule has 0 aliphatic rings. The predicted molar refractivity (Wildman–Crippen MR) is 155 cm³/mol. The molecule has 0 saturated heterocycles. The van der Waals surface area contributed by atoms with Gasteiger partial charge in [-0.15, -0.1) is 0 Å². The molecule has 2 aromatic carbocycles. The lowest BCUT2D eigenvalue weighted by Gasteiger charge is -2.15. The summed E-state index contributed by atoms with van der Waals surface area (Å²) in [4.78, 5) is 42.1. The molecule has 3 N–H and O–H groups in total. The second-order valence-electron chi connectivity index (χ2n) is 8.85. The van der Waals surface area contributed by atoms with Gasteiger partial charge in [-0.05, 0) is 12.1 Å². The van der Waals surface area contributed by atoms with Crippen molar-refractivity contribution in [3.8, 4) is 28.3 Å². The van der Waals surface area contributed by atoms with Crippen LogP contribution in [0.15, 0.2) is 64.3 Å². The van der Waals surface area contributed by atoms with Crippen LogP contribution in [-0.4, -0.2) is 45.4 Å². The summed E-state index contributed by atoms with van der Waals surface area (Å²) >= 11 is 13.6. The van der Waals surface area contributed by atoms with Crippen LogP contribution in [0.4, 0.5) is 5.69 Å². The summed E-state index contributed by atoms with van der Waals surface area (Å²) in [6.07, 6.45) is 1.19. The maximum absolute atomic E-state index is 13.0. The number of ether oxygens (including phenoxy) is 1. The summed E-state index contributed by atoms with van der Waals surface area (Å²) in [5, 5.41) is 15.4. The molecule has 1 amide bonds. The van der Waals surface area contributed by atoms with Crippen molar-refractivity contribution in [2.45, 2.75) is 6.54 Å². The van der Waals surface area contributed by atoms with E-state index in [0.717, 1.165) is 14.7 Å². The number of hydrogen-bond donors (Lipinski definition) is 3. The van der Waals surface area contributed by atoms with Crippen molar-refractivity contribution in [2.75, 3.05) is 25.6 Å². The Morgan fingerprint density at radius 2 is 1.68 bits per heavy atom. The first-order valence-corrected chi connectivity index (χ1v) is 12.9. The van der Waals surface area contributed by atoms with E-state index in [4.69, 9.17) is 33.0 Å². The third-order valence-electron chi connectivity index (χ3n) is 6.24. The lowest BCUT2D eigenvalue weighted by atomic mass is 10.00. The summed E-state index contributed by atoms with van der Waals surface area (Å²) in [6, 6.07) is 14.2. The van der Waals surface area contributed by atoms with Gasteiger partial charge in [0.05, 0.1) is 35.1 Å². The molecule has 12 heteroatoms. The summed E-state index contributed by atoms with van der Waals surface area (Å²) < 4.78 is 7.48. The van der Waals surface area contributed by atoms with Crippen molar-refractivity contribution in [2.24, 2.45) is 14.1 Å². The second kappa shape index (κ2) is 12.5. The van der Waals surface area contributed by atoms with Crippen LogP contribution in [0.25, 0.3) is 22.4 Å². The van der Waals surface area contributed by atoms with Gasteiger partial charge >= 0.3 is 5.69 Å². The molecule has 0 aliphatic heterocycles. The molecule has 0 radical (unpaired) electrons. The number of nitrogens with zero attached hydrogens (tertiary/aromatic N) is 3. The zero-order valence-electron chi connectivity index (χ0n) is 22.0. The first kappa shape index (κ1) is 29.0. The molecule has 4 aromatic rings. The lowest BCUT2D eigenvalue weighted by Crippen LogP contribution is -2.40. The number of aromatic nitrogens is 3. The number of anilines is 1. The fourth-order valence-electron chi connectivity index (χ4n) is 4.16. The SMILES string of the molecule is COc1nc(-c2cccc(-c3cccc(NC(=O)c4cn(C)c(=O)n(C)c4=O)c3Cl)c2Cl)ccc1CNCCO. The van der Waals surface area contributed by atoms with Gasteiger partial charge in [0.1, 0.15) is 5.56 Å². The van der Waals surface area contributed by atoms with Crippen LogP contribution in [0.3, 0.4) is 0 Å². The van der Waals surface area contributed by atoms with E-state index in [-0.39, 0.29) is 22.9 Å². The summed E-state index contributed by atoms with van der Waals surface area (Å²) in [7, 11) is 4.29. The maximum Gasteiger partial charge on any atom is 0.330 e. The van der Waals surface area contributed by atoms with Crippen molar-refractivity contribution in [3.63, 3.8) is 0 Å². The maximum atomic E-state index is 13.0. The summed E-state index contributed by atoms with van der Waals surface area (Å²) in [6.45, 7) is 0.945. The van der Waals surface area contributed by atoms with E-state index in [1.807, 2.05) is 24.3 Å². The fraction of sp³-hybridized carbons (Fsp3) is 0.214. The fourth-order valence-corrected chi connectivity index (χ4v) is 4.76. The number of carbonyl (C=O) groups is 1. The Bertz CT molecular complexity index is 1700. The van der Waals surface area contributed by atoms with E-state index in [0.29, 0.717) is 46.4 Å². The Balaban J connectivity index is 1.69. The standard InChI is InChI=1S/C28H27Cl2N5O5/c1-34-15-20(27(38)35(2)28(34)39)25(37)32-22-9-5-7-18(24(22)30)17-6-4-8-19(23(17)29)21-11-10-16(14-31-12-13-36)26(33-21)40-3/h4-11,15,31,36H,12-14H2,1-3H3,(H,32,37). The van der Waals surface area contributed by atoms with Gasteiger partial charge in [0.25, 0.3) is 11.5 Å². The number of hydrogen-bond acceptors (Lipinski definition) is 7. The highest BCUT2D eigenvalue weighted by molar-refractivity contribution is 6.39. The van der Waals surface area contributed by atoms with E-state index >= 15 is 0 Å². The van der Waals surface area contributed by atoms with Gasteiger partial charge < -0.3 is 25.0 Å². The largest absolute Gasteiger partial charge is 0.481 e. The molecule has 0 spiro atoms. The van der Waals surface area contributed by atoms with E-state index in [1.54, 1.807) is 24.3 Å². The van der Waals surface area contributed by atoms with Crippen molar-refractivity contribution in [1.82, 2.24) is 19.4 Å². The normalized spacial score (nSPS) is 10.9. The van der Waals surface area contributed by atoms with Crippen molar-refractivity contribution in [3.05, 3.63) is 96.7 Å². The van der Waals surface area contributed by atoms with Crippen molar-refractivity contribution in [1.29, 1.82) is 0 Å². The number of aliphatic hydroxyl groups is 1. The monoisotopic (exact) mass is 583 g/mol. The number of pyridine rings is 1. The molecule has 40 heavy (non-hydrogen) atoms. The molecule has 4 rings (SSSR count). The van der Waals surface area contributed by atoms with Crippen LogP contribution in [0.1, 0.15) is 15.9 Å². The Hall–Kier alpha value is -3.96. The molecule has 0 saturated carbocycles. The van der Waals surface area contributed by atoms with Crippen LogP contribution in [0, 0.1) is 0 Å². The number of aliphatic hydroxyl groups excluding tert-OH is 1. The number of halogens is 2. The zero-order chi connectivity index (χ0) is 29.0. The van der Waals surface area contributed by atoms with E-state index in [9.17, 15) is 14.4 Å². The van der Waals surface area contributed by atoms with E-state index in [1.165, 1.54) is 27.4 Å². The molecular weight excluding hydrogens is 557 g/mol. The number of benzene rings is 2. The van der Waals surface area contributed by atoms with Crippen molar-refractivity contribution < 1.29 is 14.6 Å². The molecule has 0 fully saturated rings. The minimum atomic E-state index is -0.721. The third-order valence-corrected chi connectivity index (χ3v) is 7.05. The number of methoxy groups -OCH3 is 1. The second-order valence-corrected chi connectivity index (χ2v) is 9.61. The molecule has 2 aromatic heterocycles. The molecule has 208 valence electrons. The van der Waals surface area contributed by atoms with Crippen LogP contribution in [0.2, 0.25) is 10.0 Å². The Kier molecular flexibility index (Phi) is 9.06. The van der Waals surface area contributed by atoms with E-state index < -0.39 is 17.2 Å². The van der Waals surface area contributed by atoms with Crippen LogP contribution in [0.5, 0.6) is 5.88 Å². The highest BCUT2D eigenvalue weighted by atomic mass is 35.5. The number of carbonyl (C=O) groups excluding carboxylic acids is 1. The van der Waals surface area contributed by atoms with Crippen LogP contribution >= 0.6 is 23.2 Å². The molecule has 10 nitrogen and oxygen atoms in total. The summed E-state index contributed by atoms with van der Waals surface area (Å²) in [5.41, 5.74) is 2.00. The number of amides is 1. The van der Waals surface area contributed by atoms with Crippen LogP contribution in [-0.2, 0) is 20.6 Å². The first-order valence-electron chi connectivity index (χ1n) is 12.2. The zero-order valence-corrected chi connectivity index (χ0v) is 23.5. The third kappa shape index (κ3) is 5.80. The Morgan fingerprint density at radius 1 is 1.00 bits per heavy atom. The first-order chi connectivity index (χ1) is 19.2. The van der Waals surface area contributed by atoms with Gasteiger partial charge in [0.15, 0.2) is 0 Å². The van der Waals surface area contributed by atoms with Gasteiger partial charge in [-0.1, -0.05) is 59.6 Å². The van der Waals surface area contributed by atoms with Gasteiger partial charge in [-0.2, -0.15) is 0 Å². The molecule has 0 unspecified atom stereocenters. The molecule has 0 bridgehead atoms. The van der Waals surface area contributed by atoms with Gasteiger partial charge in [-0.3, -0.25) is 14.2 Å². The average molecular weight is 584 g/mol. The Labute approximate surface area is 239 Å². The number of rotatable bonds is 9. The predicted octanol–water partition coefficient (Wildman–Crippen LogP) is 3.46. The summed E-state index contributed by atoms with van der Waals surface area (Å²) in [5.74, 6) is -0.281. The molecule has 0 aliphatic carbocycles. The molecular formula is C28H27Cl2N5O5. The van der Waals surface area contributed by atoms with Crippen molar-refractivity contribution >= 4 is 34.8 Å². The topological polar surface area (TPSA) is 127 Å². The molecule has 2 heterocycles. The van der Waals surface area contributed by atoms with Crippen LogP contribution < -0.4 is 26.6 Å². The van der Waals surface area contributed by atoms with Gasteiger partial charge in [0, 0.05) is 55.6 Å². The van der Waals surface area contributed by atoms with Gasteiger partial charge in [0.2, 0.25) is 5.88 Å². The highest BCUT2D eigenvalue weighted by Crippen LogP contribution is 2.41. The lowest BCUT2D eigenvalue weighted by molar-refractivity contribution is 0.102.